The molecule has 0 radical (unpaired) electrons. The SMILES string of the molecule is NCC1(c2nc3cc(F)ccc3o2)CCCCC1. The van der Waals surface area contributed by atoms with Gasteiger partial charge in [0.1, 0.15) is 11.3 Å². The molecule has 1 heterocycles. The Kier molecular flexibility index (Phi) is 2.82. The molecule has 4 heteroatoms. The minimum absolute atomic E-state index is 0.145. The van der Waals surface area contributed by atoms with Gasteiger partial charge in [-0.25, -0.2) is 9.37 Å². The standard InChI is InChI=1S/C14H17FN2O/c15-10-4-5-12-11(8-10)17-13(18-12)14(9-16)6-2-1-3-7-14/h4-5,8H,1-3,6-7,9,16H2. The number of rotatable bonds is 2. The molecule has 0 spiro atoms. The second-order valence-electron chi connectivity index (χ2n) is 5.18. The summed E-state index contributed by atoms with van der Waals surface area (Å²) in [7, 11) is 0. The van der Waals surface area contributed by atoms with Crippen LogP contribution >= 0.6 is 0 Å². The van der Waals surface area contributed by atoms with Gasteiger partial charge in [-0.2, -0.15) is 0 Å². The smallest absolute Gasteiger partial charge is 0.202 e. The summed E-state index contributed by atoms with van der Waals surface area (Å²) >= 11 is 0. The second kappa shape index (κ2) is 4.35. The van der Waals surface area contributed by atoms with Gasteiger partial charge in [0.05, 0.1) is 5.41 Å². The maximum atomic E-state index is 13.2. The number of oxazole rings is 1. The molecule has 0 aliphatic heterocycles. The van der Waals surface area contributed by atoms with Gasteiger partial charge in [0.2, 0.25) is 5.89 Å². The van der Waals surface area contributed by atoms with Crippen LogP contribution in [0.1, 0.15) is 38.0 Å². The highest BCUT2D eigenvalue weighted by Crippen LogP contribution is 2.39. The molecule has 96 valence electrons. The third kappa shape index (κ3) is 1.81. The molecule has 1 aliphatic rings. The lowest BCUT2D eigenvalue weighted by Crippen LogP contribution is -2.37. The van der Waals surface area contributed by atoms with E-state index in [4.69, 9.17) is 10.2 Å². The van der Waals surface area contributed by atoms with E-state index in [0.29, 0.717) is 23.5 Å². The van der Waals surface area contributed by atoms with Gasteiger partial charge in [0.25, 0.3) is 0 Å². The highest BCUT2D eigenvalue weighted by molar-refractivity contribution is 5.72. The Labute approximate surface area is 105 Å². The van der Waals surface area contributed by atoms with Crippen molar-refractivity contribution in [3.05, 3.63) is 29.9 Å². The normalized spacial score (nSPS) is 19.2. The molecule has 1 fully saturated rings. The lowest BCUT2D eigenvalue weighted by molar-refractivity contribution is 0.247. The van der Waals surface area contributed by atoms with E-state index in [9.17, 15) is 4.39 Å². The van der Waals surface area contributed by atoms with Crippen LogP contribution in [0, 0.1) is 5.82 Å². The number of halogens is 1. The number of hydrogen-bond donors (Lipinski definition) is 1. The van der Waals surface area contributed by atoms with E-state index in [1.165, 1.54) is 18.6 Å². The van der Waals surface area contributed by atoms with E-state index in [0.717, 1.165) is 25.7 Å². The molecule has 1 aliphatic carbocycles. The average Bonchev–Trinajstić information content (AvgIpc) is 2.83. The first-order chi connectivity index (χ1) is 8.73. The van der Waals surface area contributed by atoms with Crippen molar-refractivity contribution in [2.45, 2.75) is 37.5 Å². The monoisotopic (exact) mass is 248 g/mol. The summed E-state index contributed by atoms with van der Waals surface area (Å²) in [5.74, 6) is 0.401. The second-order valence-corrected chi connectivity index (χ2v) is 5.18. The molecule has 2 N–H and O–H groups in total. The summed E-state index contributed by atoms with van der Waals surface area (Å²) in [6.07, 6.45) is 5.59. The lowest BCUT2D eigenvalue weighted by atomic mass is 9.74. The van der Waals surface area contributed by atoms with Crippen LogP contribution in [-0.2, 0) is 5.41 Å². The fraction of sp³-hybridized carbons (Fsp3) is 0.500. The van der Waals surface area contributed by atoms with Crippen molar-refractivity contribution in [2.24, 2.45) is 5.73 Å². The van der Waals surface area contributed by atoms with Gasteiger partial charge in [-0.1, -0.05) is 19.3 Å². The number of hydrogen-bond acceptors (Lipinski definition) is 3. The topological polar surface area (TPSA) is 52.0 Å². The maximum absolute atomic E-state index is 13.2. The van der Waals surface area contributed by atoms with Crippen LogP contribution < -0.4 is 5.73 Å². The maximum Gasteiger partial charge on any atom is 0.202 e. The quantitative estimate of drug-likeness (QED) is 0.888. The Morgan fingerprint density at radius 1 is 1.28 bits per heavy atom. The molecule has 3 rings (SSSR count). The summed E-state index contributed by atoms with van der Waals surface area (Å²) < 4.78 is 19.0. The van der Waals surface area contributed by atoms with Crippen molar-refractivity contribution in [3.63, 3.8) is 0 Å². The van der Waals surface area contributed by atoms with Crippen LogP contribution in [0.4, 0.5) is 4.39 Å². The van der Waals surface area contributed by atoms with Gasteiger partial charge >= 0.3 is 0 Å². The van der Waals surface area contributed by atoms with Crippen molar-refractivity contribution < 1.29 is 8.81 Å². The van der Waals surface area contributed by atoms with Crippen molar-refractivity contribution in [1.82, 2.24) is 4.98 Å². The summed E-state index contributed by atoms with van der Waals surface area (Å²) in [6.45, 7) is 0.544. The van der Waals surface area contributed by atoms with E-state index in [-0.39, 0.29) is 11.2 Å². The number of nitrogens with two attached hydrogens (primary N) is 1. The highest BCUT2D eigenvalue weighted by Gasteiger charge is 2.37. The Hall–Kier alpha value is -1.42. The molecule has 1 aromatic carbocycles. The first kappa shape index (κ1) is 11.7. The minimum Gasteiger partial charge on any atom is -0.440 e. The fourth-order valence-corrected chi connectivity index (χ4v) is 2.86. The summed E-state index contributed by atoms with van der Waals surface area (Å²) in [5, 5.41) is 0. The molecule has 0 amide bonds. The van der Waals surface area contributed by atoms with Crippen LogP contribution in [0.15, 0.2) is 22.6 Å². The number of fused-ring (bicyclic) bond motifs is 1. The first-order valence-corrected chi connectivity index (χ1v) is 6.50. The largest absolute Gasteiger partial charge is 0.440 e. The molecule has 0 bridgehead atoms. The van der Waals surface area contributed by atoms with E-state index >= 15 is 0 Å². The van der Waals surface area contributed by atoms with Gasteiger partial charge in [-0.15, -0.1) is 0 Å². The van der Waals surface area contributed by atoms with E-state index in [1.54, 1.807) is 6.07 Å². The van der Waals surface area contributed by atoms with E-state index in [1.807, 2.05) is 0 Å². The molecule has 0 atom stereocenters. The zero-order valence-corrected chi connectivity index (χ0v) is 10.3. The Morgan fingerprint density at radius 3 is 2.78 bits per heavy atom. The van der Waals surface area contributed by atoms with Gasteiger partial charge in [0, 0.05) is 12.6 Å². The minimum atomic E-state index is -0.284. The van der Waals surface area contributed by atoms with Crippen LogP contribution in [0.2, 0.25) is 0 Å². The summed E-state index contributed by atoms with van der Waals surface area (Å²) in [5.41, 5.74) is 7.03. The van der Waals surface area contributed by atoms with Crippen LogP contribution in [0.25, 0.3) is 11.1 Å². The van der Waals surface area contributed by atoms with Gasteiger partial charge in [0.15, 0.2) is 5.58 Å². The van der Waals surface area contributed by atoms with Crippen LogP contribution in [-0.4, -0.2) is 11.5 Å². The molecular weight excluding hydrogens is 231 g/mol. The van der Waals surface area contributed by atoms with Gasteiger partial charge in [-0.3, -0.25) is 0 Å². The fourth-order valence-electron chi connectivity index (χ4n) is 2.86. The number of nitrogens with zero attached hydrogens (tertiary/aromatic N) is 1. The van der Waals surface area contributed by atoms with Crippen LogP contribution in [0.5, 0.6) is 0 Å². The summed E-state index contributed by atoms with van der Waals surface area (Å²) in [4.78, 5) is 4.45. The Balaban J connectivity index is 2.06. The highest BCUT2D eigenvalue weighted by atomic mass is 19.1. The predicted molar refractivity (Wildman–Crippen MR) is 67.8 cm³/mol. The predicted octanol–water partition coefficient (Wildman–Crippen LogP) is 3.13. The molecule has 3 nitrogen and oxygen atoms in total. The van der Waals surface area contributed by atoms with Crippen molar-refractivity contribution in [1.29, 1.82) is 0 Å². The van der Waals surface area contributed by atoms with Crippen LogP contribution in [0.3, 0.4) is 0 Å². The van der Waals surface area contributed by atoms with Gasteiger partial charge < -0.3 is 10.2 Å². The first-order valence-electron chi connectivity index (χ1n) is 6.50. The summed E-state index contributed by atoms with van der Waals surface area (Å²) in [6, 6.07) is 4.44. The molecule has 18 heavy (non-hydrogen) atoms. The van der Waals surface area contributed by atoms with Crippen molar-refractivity contribution in [3.8, 4) is 0 Å². The average molecular weight is 248 g/mol. The number of benzene rings is 1. The molecule has 0 unspecified atom stereocenters. The van der Waals surface area contributed by atoms with Gasteiger partial charge in [-0.05, 0) is 25.0 Å². The molecule has 1 aromatic heterocycles. The zero-order valence-electron chi connectivity index (χ0n) is 10.3. The third-order valence-electron chi connectivity index (χ3n) is 4.00. The van der Waals surface area contributed by atoms with E-state index < -0.39 is 0 Å². The Morgan fingerprint density at radius 2 is 2.06 bits per heavy atom. The van der Waals surface area contributed by atoms with Crippen molar-refractivity contribution in [2.75, 3.05) is 6.54 Å². The molecular formula is C14H17FN2O. The molecule has 1 saturated carbocycles. The number of aromatic nitrogens is 1. The molecule has 0 saturated heterocycles. The third-order valence-corrected chi connectivity index (χ3v) is 4.00. The van der Waals surface area contributed by atoms with E-state index in [2.05, 4.69) is 4.98 Å². The zero-order chi connectivity index (χ0) is 12.6. The van der Waals surface area contributed by atoms with Crippen molar-refractivity contribution >= 4 is 11.1 Å². The lowest BCUT2D eigenvalue weighted by Gasteiger charge is -2.32. The molecule has 2 aromatic rings. The Bertz CT molecular complexity index is 558.